The predicted octanol–water partition coefficient (Wildman–Crippen LogP) is 1.88. The highest BCUT2D eigenvalue weighted by Crippen LogP contribution is 2.19. The molecule has 1 aromatic rings. The van der Waals surface area contributed by atoms with Crippen LogP contribution in [0.25, 0.3) is 0 Å². The van der Waals surface area contributed by atoms with Crippen LogP contribution in [-0.2, 0) is 6.42 Å². The number of hydrogen-bond acceptors (Lipinski definition) is 3. The van der Waals surface area contributed by atoms with Gasteiger partial charge in [-0.15, -0.1) is 6.58 Å². The number of rotatable bonds is 3. The summed E-state index contributed by atoms with van der Waals surface area (Å²) in [6.07, 6.45) is 4.54. The lowest BCUT2D eigenvalue weighted by molar-refractivity contribution is 0.412. The first kappa shape index (κ1) is 7.28. The molecule has 0 aliphatic carbocycles. The van der Waals surface area contributed by atoms with Crippen LogP contribution in [0.3, 0.4) is 0 Å². The highest BCUT2D eigenvalue weighted by molar-refractivity contribution is 7.13. The van der Waals surface area contributed by atoms with Crippen molar-refractivity contribution in [3.05, 3.63) is 23.7 Å². The smallest absolute Gasteiger partial charge is 0.273 e. The number of methoxy groups -OCH3 is 1. The average molecular weight is 155 g/mol. The Hall–Kier alpha value is -0.830. The molecule has 1 heterocycles. The van der Waals surface area contributed by atoms with Crippen LogP contribution in [0.15, 0.2) is 18.9 Å². The van der Waals surface area contributed by atoms with E-state index < -0.39 is 0 Å². The third kappa shape index (κ3) is 1.57. The average Bonchev–Trinajstić information content (AvgIpc) is 2.37. The van der Waals surface area contributed by atoms with Gasteiger partial charge in [-0.1, -0.05) is 17.4 Å². The number of thiazole rings is 1. The van der Waals surface area contributed by atoms with E-state index in [0.29, 0.717) is 0 Å². The summed E-state index contributed by atoms with van der Waals surface area (Å²) in [6.45, 7) is 3.63. The summed E-state index contributed by atoms with van der Waals surface area (Å²) < 4.78 is 4.91. The molecule has 1 aromatic heterocycles. The van der Waals surface area contributed by atoms with E-state index in [1.165, 1.54) is 4.88 Å². The van der Waals surface area contributed by atoms with Crippen LogP contribution in [0.1, 0.15) is 4.88 Å². The standard InChI is InChI=1S/C7H9NOS/c1-3-4-6-5-8-7(9-2)10-6/h3,5H,1,4H2,2H3. The van der Waals surface area contributed by atoms with Crippen molar-refractivity contribution in [1.29, 1.82) is 0 Å². The lowest BCUT2D eigenvalue weighted by Crippen LogP contribution is -1.76. The summed E-state index contributed by atoms with van der Waals surface area (Å²) >= 11 is 1.55. The zero-order valence-corrected chi connectivity index (χ0v) is 6.65. The van der Waals surface area contributed by atoms with Crippen molar-refractivity contribution in [2.45, 2.75) is 6.42 Å². The lowest BCUT2D eigenvalue weighted by atomic mass is 10.4. The van der Waals surface area contributed by atoms with Crippen LogP contribution in [0.5, 0.6) is 5.19 Å². The molecule has 0 spiro atoms. The Bertz CT molecular complexity index is 219. The molecule has 0 atom stereocenters. The largest absolute Gasteiger partial charge is 0.473 e. The van der Waals surface area contributed by atoms with Crippen LogP contribution in [0, 0.1) is 0 Å². The molecule has 0 aliphatic heterocycles. The highest BCUT2D eigenvalue weighted by atomic mass is 32.1. The summed E-state index contributed by atoms with van der Waals surface area (Å²) in [5.41, 5.74) is 0. The van der Waals surface area contributed by atoms with Crippen LogP contribution < -0.4 is 4.74 Å². The quantitative estimate of drug-likeness (QED) is 0.622. The van der Waals surface area contributed by atoms with Gasteiger partial charge in [0, 0.05) is 17.5 Å². The maximum atomic E-state index is 4.91. The van der Waals surface area contributed by atoms with E-state index in [9.17, 15) is 0 Å². The fourth-order valence-electron chi connectivity index (χ4n) is 0.621. The van der Waals surface area contributed by atoms with Crippen molar-refractivity contribution >= 4 is 11.3 Å². The molecule has 0 bridgehead atoms. The monoisotopic (exact) mass is 155 g/mol. The first-order valence-electron chi connectivity index (χ1n) is 2.96. The van der Waals surface area contributed by atoms with Crippen molar-refractivity contribution in [3.63, 3.8) is 0 Å². The second-order valence-electron chi connectivity index (χ2n) is 1.79. The second kappa shape index (κ2) is 3.37. The summed E-state index contributed by atoms with van der Waals surface area (Å²) in [5, 5.41) is 0.719. The minimum absolute atomic E-state index is 0.719. The first-order valence-corrected chi connectivity index (χ1v) is 3.78. The second-order valence-corrected chi connectivity index (χ2v) is 2.87. The van der Waals surface area contributed by atoms with Gasteiger partial charge in [-0.2, -0.15) is 0 Å². The van der Waals surface area contributed by atoms with Gasteiger partial charge in [-0.05, 0) is 0 Å². The van der Waals surface area contributed by atoms with Gasteiger partial charge in [0.2, 0.25) is 0 Å². The summed E-state index contributed by atoms with van der Waals surface area (Å²) in [6, 6.07) is 0. The third-order valence-corrected chi connectivity index (χ3v) is 2.03. The number of allylic oxidation sites excluding steroid dienone is 1. The Balaban J connectivity index is 2.67. The molecule has 0 aromatic carbocycles. The molecule has 0 N–H and O–H groups in total. The van der Waals surface area contributed by atoms with Crippen molar-refractivity contribution < 1.29 is 4.74 Å². The zero-order chi connectivity index (χ0) is 7.40. The summed E-state index contributed by atoms with van der Waals surface area (Å²) in [5.74, 6) is 0. The van der Waals surface area contributed by atoms with E-state index >= 15 is 0 Å². The maximum absolute atomic E-state index is 4.91. The Morgan fingerprint density at radius 2 is 2.70 bits per heavy atom. The molecule has 0 saturated heterocycles. The van der Waals surface area contributed by atoms with E-state index in [4.69, 9.17) is 4.74 Å². The Morgan fingerprint density at radius 3 is 3.20 bits per heavy atom. The summed E-state index contributed by atoms with van der Waals surface area (Å²) in [7, 11) is 1.62. The molecule has 2 nitrogen and oxygen atoms in total. The van der Waals surface area contributed by atoms with Crippen LogP contribution in [-0.4, -0.2) is 12.1 Å². The third-order valence-electron chi connectivity index (χ3n) is 1.05. The van der Waals surface area contributed by atoms with Gasteiger partial charge >= 0.3 is 0 Å². The maximum Gasteiger partial charge on any atom is 0.273 e. The predicted molar refractivity (Wildman–Crippen MR) is 42.6 cm³/mol. The number of nitrogens with zero attached hydrogens (tertiary/aromatic N) is 1. The number of aromatic nitrogens is 1. The molecule has 54 valence electrons. The number of ether oxygens (including phenoxy) is 1. The molecule has 0 saturated carbocycles. The van der Waals surface area contributed by atoms with Crippen molar-refractivity contribution in [1.82, 2.24) is 4.98 Å². The fourth-order valence-corrected chi connectivity index (χ4v) is 1.34. The van der Waals surface area contributed by atoms with Gasteiger partial charge in [-0.25, -0.2) is 4.98 Å². The van der Waals surface area contributed by atoms with Gasteiger partial charge < -0.3 is 4.74 Å². The van der Waals surface area contributed by atoms with Gasteiger partial charge in [0.05, 0.1) is 7.11 Å². The van der Waals surface area contributed by atoms with Crippen molar-refractivity contribution in [2.24, 2.45) is 0 Å². The van der Waals surface area contributed by atoms with Crippen molar-refractivity contribution in [2.75, 3.05) is 7.11 Å². The molecule has 10 heavy (non-hydrogen) atoms. The molecular weight excluding hydrogens is 146 g/mol. The van der Waals surface area contributed by atoms with Gasteiger partial charge in [0.15, 0.2) is 0 Å². The molecule has 0 radical (unpaired) electrons. The Morgan fingerprint density at radius 1 is 1.90 bits per heavy atom. The van der Waals surface area contributed by atoms with Crippen LogP contribution in [0.4, 0.5) is 0 Å². The molecule has 0 fully saturated rings. The van der Waals surface area contributed by atoms with Gasteiger partial charge in [0.25, 0.3) is 5.19 Å². The van der Waals surface area contributed by atoms with Gasteiger partial charge in [-0.3, -0.25) is 0 Å². The molecule has 0 amide bonds. The molecular formula is C7H9NOS. The zero-order valence-electron chi connectivity index (χ0n) is 5.83. The highest BCUT2D eigenvalue weighted by Gasteiger charge is 1.97. The number of hydrogen-bond donors (Lipinski definition) is 0. The van der Waals surface area contributed by atoms with E-state index in [1.807, 2.05) is 12.3 Å². The summed E-state index contributed by atoms with van der Waals surface area (Å²) in [4.78, 5) is 5.19. The normalized spacial score (nSPS) is 9.30. The molecule has 1 rings (SSSR count). The SMILES string of the molecule is C=CCc1cnc(OC)s1. The van der Waals surface area contributed by atoms with E-state index in [0.717, 1.165) is 11.6 Å². The van der Waals surface area contributed by atoms with Crippen molar-refractivity contribution in [3.8, 4) is 5.19 Å². The first-order chi connectivity index (χ1) is 4.86. The van der Waals surface area contributed by atoms with Gasteiger partial charge in [0.1, 0.15) is 0 Å². The molecule has 0 aliphatic rings. The topological polar surface area (TPSA) is 22.1 Å². The van der Waals surface area contributed by atoms with Crippen LogP contribution in [0.2, 0.25) is 0 Å². The minimum atomic E-state index is 0.719. The fraction of sp³-hybridized carbons (Fsp3) is 0.286. The minimum Gasteiger partial charge on any atom is -0.473 e. The van der Waals surface area contributed by atoms with Crippen LogP contribution >= 0.6 is 11.3 Å². The van der Waals surface area contributed by atoms with E-state index in [1.54, 1.807) is 18.4 Å². The van der Waals surface area contributed by atoms with E-state index in [2.05, 4.69) is 11.6 Å². The lowest BCUT2D eigenvalue weighted by Gasteiger charge is -1.86. The van der Waals surface area contributed by atoms with E-state index in [-0.39, 0.29) is 0 Å². The molecule has 3 heteroatoms. The Kier molecular flexibility index (Phi) is 2.45. The molecule has 0 unspecified atom stereocenters. The Labute approximate surface area is 64.2 Å².